The molecule has 6 heteroatoms. The predicted octanol–water partition coefficient (Wildman–Crippen LogP) is 2.27. The summed E-state index contributed by atoms with van der Waals surface area (Å²) in [6.07, 6.45) is 3.24. The van der Waals surface area contributed by atoms with Gasteiger partial charge < -0.3 is 10.0 Å². The molecule has 5 nitrogen and oxygen atoms in total. The zero-order valence-corrected chi connectivity index (χ0v) is 11.5. The summed E-state index contributed by atoms with van der Waals surface area (Å²) in [6, 6.07) is 5.54. The first-order valence-corrected chi connectivity index (χ1v) is 6.99. The molecule has 1 saturated heterocycles. The molecule has 3 rings (SSSR count). The molecule has 1 fully saturated rings. The number of nitrogens with one attached hydrogen (secondary N) is 1. The minimum absolute atomic E-state index is 0.00439. The van der Waals surface area contributed by atoms with Crippen molar-refractivity contribution < 1.29 is 9.50 Å². The summed E-state index contributed by atoms with van der Waals surface area (Å²) in [4.78, 5) is 20.9. The molecule has 0 atom stereocenters. The topological polar surface area (TPSA) is 69.2 Å². The van der Waals surface area contributed by atoms with Crippen LogP contribution in [0.1, 0.15) is 19.3 Å². The van der Waals surface area contributed by atoms with Gasteiger partial charge in [0.2, 0.25) is 11.8 Å². The number of hydrogen-bond donors (Lipinski definition) is 2. The van der Waals surface area contributed by atoms with E-state index < -0.39 is 11.4 Å². The number of aromatic amines is 1. The van der Waals surface area contributed by atoms with E-state index in [1.54, 1.807) is 6.07 Å². The molecule has 2 heterocycles. The molecule has 0 aliphatic carbocycles. The van der Waals surface area contributed by atoms with Gasteiger partial charge in [-0.2, -0.15) is 4.98 Å². The molecule has 0 amide bonds. The lowest BCUT2D eigenvalue weighted by atomic mass is 10.1. The van der Waals surface area contributed by atoms with Gasteiger partial charge in [0.05, 0.1) is 0 Å². The molecule has 2 N–H and O–H groups in total. The fraction of sp³-hybridized carbons (Fsp3) is 0.333. The van der Waals surface area contributed by atoms with Crippen LogP contribution in [-0.4, -0.2) is 28.2 Å². The number of aromatic nitrogens is 2. The SMILES string of the molecule is O=c1[nH]c(N2CCCCC2)nc(O)c1-c1cccc(F)c1. The number of rotatable bonds is 2. The third-order valence-corrected chi connectivity index (χ3v) is 3.66. The number of piperidine rings is 1. The fourth-order valence-electron chi connectivity index (χ4n) is 2.61. The molecule has 1 aliphatic rings. The van der Waals surface area contributed by atoms with Gasteiger partial charge in [0.25, 0.3) is 5.56 Å². The normalized spacial score (nSPS) is 15.2. The van der Waals surface area contributed by atoms with Crippen LogP contribution in [0.3, 0.4) is 0 Å². The van der Waals surface area contributed by atoms with Crippen LogP contribution in [0.2, 0.25) is 0 Å². The van der Waals surface area contributed by atoms with E-state index in [-0.39, 0.29) is 11.4 Å². The first-order chi connectivity index (χ1) is 10.1. The van der Waals surface area contributed by atoms with Crippen molar-refractivity contribution in [2.75, 3.05) is 18.0 Å². The number of hydrogen-bond acceptors (Lipinski definition) is 4. The van der Waals surface area contributed by atoms with Crippen LogP contribution in [0.5, 0.6) is 5.88 Å². The van der Waals surface area contributed by atoms with Crippen molar-refractivity contribution in [3.05, 3.63) is 40.4 Å². The van der Waals surface area contributed by atoms with Crippen LogP contribution in [0.25, 0.3) is 11.1 Å². The van der Waals surface area contributed by atoms with Gasteiger partial charge in [0.15, 0.2) is 0 Å². The van der Waals surface area contributed by atoms with Gasteiger partial charge in [-0.25, -0.2) is 4.39 Å². The quantitative estimate of drug-likeness (QED) is 0.890. The number of halogens is 1. The molecule has 21 heavy (non-hydrogen) atoms. The Morgan fingerprint density at radius 3 is 2.67 bits per heavy atom. The second-order valence-electron chi connectivity index (χ2n) is 5.15. The monoisotopic (exact) mass is 289 g/mol. The second kappa shape index (κ2) is 5.55. The maximum absolute atomic E-state index is 13.3. The first-order valence-electron chi connectivity index (χ1n) is 6.99. The number of nitrogens with zero attached hydrogens (tertiary/aromatic N) is 2. The highest BCUT2D eigenvalue weighted by molar-refractivity contribution is 5.68. The number of anilines is 1. The fourth-order valence-corrected chi connectivity index (χ4v) is 2.61. The van der Waals surface area contributed by atoms with E-state index in [0.717, 1.165) is 32.4 Å². The van der Waals surface area contributed by atoms with Crippen molar-refractivity contribution in [3.8, 4) is 17.0 Å². The smallest absolute Gasteiger partial charge is 0.264 e. The number of H-pyrrole nitrogens is 1. The van der Waals surface area contributed by atoms with Crippen molar-refractivity contribution in [2.45, 2.75) is 19.3 Å². The summed E-state index contributed by atoms with van der Waals surface area (Å²) in [5, 5.41) is 10.1. The number of aromatic hydroxyl groups is 1. The van der Waals surface area contributed by atoms with E-state index in [1.807, 2.05) is 4.90 Å². The highest BCUT2D eigenvalue weighted by Crippen LogP contribution is 2.26. The Bertz CT molecular complexity index is 708. The standard InChI is InChI=1S/C15H16FN3O2/c16-11-6-4-5-10(9-11)12-13(20)17-15(18-14(12)21)19-7-2-1-3-8-19/h4-6,9H,1-3,7-8H2,(H2,17,18,20,21). The highest BCUT2D eigenvalue weighted by Gasteiger charge is 2.18. The lowest BCUT2D eigenvalue weighted by molar-refractivity contribution is 0.451. The molecule has 110 valence electrons. The van der Waals surface area contributed by atoms with Gasteiger partial charge in [-0.15, -0.1) is 0 Å². The third-order valence-electron chi connectivity index (χ3n) is 3.66. The van der Waals surface area contributed by atoms with E-state index in [4.69, 9.17) is 0 Å². The third kappa shape index (κ3) is 2.74. The Balaban J connectivity index is 2.02. The molecule has 1 aromatic carbocycles. The van der Waals surface area contributed by atoms with Crippen molar-refractivity contribution in [3.63, 3.8) is 0 Å². The molecule has 0 radical (unpaired) electrons. The molecular weight excluding hydrogens is 273 g/mol. The molecule has 1 aromatic heterocycles. The Kier molecular flexibility index (Phi) is 3.60. The average Bonchev–Trinajstić information content (AvgIpc) is 2.47. The van der Waals surface area contributed by atoms with Crippen LogP contribution in [0.4, 0.5) is 10.3 Å². The van der Waals surface area contributed by atoms with Crippen LogP contribution < -0.4 is 10.5 Å². The summed E-state index contributed by atoms with van der Waals surface area (Å²) < 4.78 is 13.3. The summed E-state index contributed by atoms with van der Waals surface area (Å²) in [7, 11) is 0. The van der Waals surface area contributed by atoms with E-state index in [2.05, 4.69) is 9.97 Å². The summed E-state index contributed by atoms with van der Waals surface area (Å²) in [6.45, 7) is 1.61. The zero-order valence-electron chi connectivity index (χ0n) is 11.5. The van der Waals surface area contributed by atoms with Crippen LogP contribution >= 0.6 is 0 Å². The molecule has 0 saturated carbocycles. The van der Waals surface area contributed by atoms with E-state index in [9.17, 15) is 14.3 Å². The molecule has 0 spiro atoms. The van der Waals surface area contributed by atoms with Crippen LogP contribution in [0.15, 0.2) is 29.1 Å². The molecule has 1 aliphatic heterocycles. The zero-order chi connectivity index (χ0) is 14.8. The Hall–Kier alpha value is -2.37. The Labute approximate surface area is 121 Å². The van der Waals surface area contributed by atoms with Gasteiger partial charge in [0, 0.05) is 13.1 Å². The van der Waals surface area contributed by atoms with E-state index in [1.165, 1.54) is 18.2 Å². The van der Waals surface area contributed by atoms with E-state index in [0.29, 0.717) is 11.5 Å². The van der Waals surface area contributed by atoms with E-state index >= 15 is 0 Å². The maximum Gasteiger partial charge on any atom is 0.264 e. The first kappa shape index (κ1) is 13.6. The average molecular weight is 289 g/mol. The second-order valence-corrected chi connectivity index (χ2v) is 5.15. The van der Waals surface area contributed by atoms with Gasteiger partial charge >= 0.3 is 0 Å². The molecule has 0 unspecified atom stereocenters. The van der Waals surface area contributed by atoms with Gasteiger partial charge in [-0.3, -0.25) is 9.78 Å². The maximum atomic E-state index is 13.3. The Morgan fingerprint density at radius 2 is 2.00 bits per heavy atom. The van der Waals surface area contributed by atoms with Gasteiger partial charge in [0.1, 0.15) is 11.4 Å². The van der Waals surface area contributed by atoms with Gasteiger partial charge in [-0.05, 0) is 37.0 Å². The van der Waals surface area contributed by atoms with Crippen molar-refractivity contribution in [2.24, 2.45) is 0 Å². The Morgan fingerprint density at radius 1 is 1.24 bits per heavy atom. The summed E-state index contributed by atoms with van der Waals surface area (Å²) in [5.41, 5.74) is -0.157. The van der Waals surface area contributed by atoms with Crippen LogP contribution in [0, 0.1) is 5.82 Å². The molecule has 0 bridgehead atoms. The largest absolute Gasteiger partial charge is 0.493 e. The van der Waals surface area contributed by atoms with Crippen molar-refractivity contribution >= 4 is 5.95 Å². The summed E-state index contributed by atoms with van der Waals surface area (Å²) in [5.74, 6) is -0.464. The van der Waals surface area contributed by atoms with Crippen molar-refractivity contribution in [1.29, 1.82) is 0 Å². The van der Waals surface area contributed by atoms with Gasteiger partial charge in [-0.1, -0.05) is 12.1 Å². The molecule has 2 aromatic rings. The summed E-state index contributed by atoms with van der Waals surface area (Å²) >= 11 is 0. The van der Waals surface area contributed by atoms with Crippen molar-refractivity contribution in [1.82, 2.24) is 9.97 Å². The lowest BCUT2D eigenvalue weighted by Crippen LogP contribution is -2.32. The minimum atomic E-state index is -0.466. The van der Waals surface area contributed by atoms with Crippen LogP contribution in [-0.2, 0) is 0 Å². The predicted molar refractivity (Wildman–Crippen MR) is 78.0 cm³/mol. The highest BCUT2D eigenvalue weighted by atomic mass is 19.1. The lowest BCUT2D eigenvalue weighted by Gasteiger charge is -2.27. The minimum Gasteiger partial charge on any atom is -0.493 e. The molecular formula is C15H16FN3O2. The number of benzene rings is 1.